The first kappa shape index (κ1) is 32.7. The zero-order valence-corrected chi connectivity index (χ0v) is 27.7. The number of hydrogen-bond acceptors (Lipinski definition) is 6. The van der Waals surface area contributed by atoms with Crippen LogP contribution in [-0.4, -0.2) is 53.7 Å². The number of benzene rings is 1. The van der Waals surface area contributed by atoms with E-state index >= 15 is 0 Å². The van der Waals surface area contributed by atoms with Gasteiger partial charge >= 0.3 is 6.09 Å². The molecule has 234 valence electrons. The number of thioether (sulfide) groups is 1. The predicted octanol–water partition coefficient (Wildman–Crippen LogP) is 6.74. The lowest BCUT2D eigenvalue weighted by molar-refractivity contribution is 0.0492. The number of anilines is 1. The van der Waals surface area contributed by atoms with E-state index in [-0.39, 0.29) is 24.1 Å². The number of amides is 2. The normalized spacial score (nSPS) is 18.0. The summed E-state index contributed by atoms with van der Waals surface area (Å²) < 4.78 is 13.5. The number of fused-ring (bicyclic) bond motifs is 1. The minimum atomic E-state index is -0.638. The van der Waals surface area contributed by atoms with E-state index in [4.69, 9.17) is 9.47 Å². The van der Waals surface area contributed by atoms with Gasteiger partial charge in [0.2, 0.25) is 0 Å². The standard InChI is InChI=1S/C33H46N4O5S/c1-19-16-28(43-9)26(30(38)35-19)18-34-31(39)29-21(3)37(20(2)22-10-13-24(41-8)14-11-22)27-15-12-23(17-25(27)29)36(7)32(40)42-33(4,5)6/h12,15-17,20,22,24H,10-11,13-14,18H2,1-9H3,(H,34,39)(H,35,38)/t20-,22?,24?/m1/s1. The van der Waals surface area contributed by atoms with Crippen LogP contribution in [0.4, 0.5) is 10.5 Å². The molecule has 0 spiro atoms. The number of carbonyl (C=O) groups excluding carboxylic acids is 2. The number of methoxy groups -OCH3 is 1. The summed E-state index contributed by atoms with van der Waals surface area (Å²) in [5.41, 5.74) is 3.42. The molecule has 0 aliphatic heterocycles. The Bertz CT molecular complexity index is 1550. The summed E-state index contributed by atoms with van der Waals surface area (Å²) in [7, 11) is 3.45. The molecule has 10 heteroatoms. The van der Waals surface area contributed by atoms with Crippen molar-refractivity contribution in [1.82, 2.24) is 14.9 Å². The van der Waals surface area contributed by atoms with Gasteiger partial charge in [0, 0.05) is 65.2 Å². The second-order valence-corrected chi connectivity index (χ2v) is 13.4. The minimum Gasteiger partial charge on any atom is -0.443 e. The molecule has 2 heterocycles. The second-order valence-electron chi connectivity index (χ2n) is 12.6. The molecule has 1 fully saturated rings. The molecule has 0 bridgehead atoms. The fraction of sp³-hybridized carbons (Fsp3) is 0.545. The van der Waals surface area contributed by atoms with Crippen LogP contribution < -0.4 is 15.8 Å². The van der Waals surface area contributed by atoms with E-state index in [2.05, 4.69) is 21.8 Å². The van der Waals surface area contributed by atoms with E-state index in [0.29, 0.717) is 28.8 Å². The lowest BCUT2D eigenvalue weighted by Crippen LogP contribution is -2.34. The average molecular weight is 611 g/mol. The third-order valence-corrected chi connectivity index (χ3v) is 9.34. The number of carbonyl (C=O) groups is 2. The Kier molecular flexibility index (Phi) is 10.0. The Labute approximate surface area is 258 Å². The zero-order chi connectivity index (χ0) is 31.6. The minimum absolute atomic E-state index is 0.102. The Balaban J connectivity index is 1.75. The number of nitrogens with zero attached hydrogens (tertiary/aromatic N) is 2. The quantitative estimate of drug-likeness (QED) is 0.274. The number of aryl methyl sites for hydroxylation is 1. The molecule has 43 heavy (non-hydrogen) atoms. The van der Waals surface area contributed by atoms with Gasteiger partial charge < -0.3 is 24.3 Å². The van der Waals surface area contributed by atoms with E-state index in [1.54, 1.807) is 14.2 Å². The highest BCUT2D eigenvalue weighted by Crippen LogP contribution is 2.39. The van der Waals surface area contributed by atoms with Gasteiger partial charge in [-0.1, -0.05) is 0 Å². The van der Waals surface area contributed by atoms with Crippen LogP contribution in [0.1, 0.15) is 86.7 Å². The van der Waals surface area contributed by atoms with Crippen LogP contribution >= 0.6 is 11.8 Å². The van der Waals surface area contributed by atoms with Crippen molar-refractivity contribution >= 4 is 40.4 Å². The summed E-state index contributed by atoms with van der Waals surface area (Å²) in [6.07, 6.45) is 5.88. The molecule has 1 atom stereocenters. The highest BCUT2D eigenvalue weighted by molar-refractivity contribution is 7.98. The van der Waals surface area contributed by atoms with Crippen LogP contribution in [0.15, 0.2) is 34.0 Å². The molecule has 2 amide bonds. The highest BCUT2D eigenvalue weighted by atomic mass is 32.2. The van der Waals surface area contributed by atoms with Crippen molar-refractivity contribution in [1.29, 1.82) is 0 Å². The zero-order valence-electron chi connectivity index (χ0n) is 26.9. The Morgan fingerprint density at radius 3 is 2.44 bits per heavy atom. The summed E-state index contributed by atoms with van der Waals surface area (Å²) in [6.45, 7) is 11.6. The van der Waals surface area contributed by atoms with Gasteiger partial charge in [0.25, 0.3) is 11.5 Å². The van der Waals surface area contributed by atoms with Crippen molar-refractivity contribution in [3.05, 3.63) is 57.1 Å². The lowest BCUT2D eigenvalue weighted by atomic mass is 9.83. The molecular weight excluding hydrogens is 564 g/mol. The fourth-order valence-electron chi connectivity index (χ4n) is 6.20. The third-order valence-electron chi connectivity index (χ3n) is 8.53. The molecule has 0 unspecified atom stereocenters. The number of aromatic nitrogens is 2. The number of ether oxygens (including phenoxy) is 2. The van der Waals surface area contributed by atoms with E-state index < -0.39 is 11.7 Å². The van der Waals surface area contributed by atoms with Crippen molar-refractivity contribution in [2.75, 3.05) is 25.3 Å². The van der Waals surface area contributed by atoms with E-state index in [0.717, 1.165) is 52.9 Å². The van der Waals surface area contributed by atoms with Gasteiger partial charge in [0.15, 0.2) is 0 Å². The molecule has 4 rings (SSSR count). The largest absolute Gasteiger partial charge is 0.443 e. The third kappa shape index (κ3) is 7.12. The van der Waals surface area contributed by atoms with Gasteiger partial charge in [-0.15, -0.1) is 11.8 Å². The maximum atomic E-state index is 14.0. The fourth-order valence-corrected chi connectivity index (χ4v) is 6.90. The number of aromatic amines is 1. The van der Waals surface area contributed by atoms with Gasteiger partial charge in [0.1, 0.15) is 5.60 Å². The Morgan fingerprint density at radius 1 is 1.16 bits per heavy atom. The molecule has 3 aromatic rings. The molecule has 2 N–H and O–H groups in total. The molecule has 9 nitrogen and oxygen atoms in total. The maximum absolute atomic E-state index is 14.0. The van der Waals surface area contributed by atoms with Gasteiger partial charge in [-0.2, -0.15) is 0 Å². The van der Waals surface area contributed by atoms with Crippen molar-refractivity contribution < 1.29 is 19.1 Å². The highest BCUT2D eigenvalue weighted by Gasteiger charge is 2.31. The predicted molar refractivity (Wildman–Crippen MR) is 174 cm³/mol. The molecule has 0 radical (unpaired) electrons. The summed E-state index contributed by atoms with van der Waals surface area (Å²) in [5, 5.41) is 3.78. The van der Waals surface area contributed by atoms with Crippen molar-refractivity contribution in [3.8, 4) is 0 Å². The monoisotopic (exact) mass is 610 g/mol. The molecular formula is C33H46N4O5S. The molecule has 1 saturated carbocycles. The van der Waals surface area contributed by atoms with Gasteiger partial charge in [-0.3, -0.25) is 14.5 Å². The number of rotatable bonds is 8. The smallest absolute Gasteiger partial charge is 0.414 e. The molecule has 1 aromatic carbocycles. The van der Waals surface area contributed by atoms with Gasteiger partial charge in [-0.05, 0) is 104 Å². The number of H-pyrrole nitrogens is 1. The van der Waals surface area contributed by atoms with E-state index in [9.17, 15) is 14.4 Å². The number of hydrogen-bond donors (Lipinski definition) is 2. The summed E-state index contributed by atoms with van der Waals surface area (Å²) in [4.78, 5) is 44.8. The Morgan fingerprint density at radius 2 is 1.84 bits per heavy atom. The summed E-state index contributed by atoms with van der Waals surface area (Å²) in [6, 6.07) is 7.85. The lowest BCUT2D eigenvalue weighted by Gasteiger charge is -2.33. The van der Waals surface area contributed by atoms with Crippen molar-refractivity contribution in [2.45, 2.75) is 96.4 Å². The number of nitrogens with one attached hydrogen (secondary N) is 2. The molecule has 1 aliphatic rings. The maximum Gasteiger partial charge on any atom is 0.414 e. The first-order chi connectivity index (χ1) is 20.2. The van der Waals surface area contributed by atoms with Crippen LogP contribution in [0.3, 0.4) is 0 Å². The van der Waals surface area contributed by atoms with Crippen LogP contribution in [0.2, 0.25) is 0 Å². The number of pyridine rings is 1. The average Bonchev–Trinajstić information content (AvgIpc) is 3.25. The molecule has 1 aliphatic carbocycles. The SMILES string of the molecule is COC1CCC([C@@H](C)n2c(C)c(C(=O)NCc3c(SC)cc(C)[nH]c3=O)c3cc(N(C)C(=O)OC(C)(C)C)ccc32)CC1. The van der Waals surface area contributed by atoms with Crippen LogP contribution in [0, 0.1) is 19.8 Å². The van der Waals surface area contributed by atoms with Crippen LogP contribution in [0.25, 0.3) is 10.9 Å². The Hall–Kier alpha value is -3.24. The molecule has 0 saturated heterocycles. The summed E-state index contributed by atoms with van der Waals surface area (Å²) >= 11 is 1.48. The van der Waals surface area contributed by atoms with Crippen LogP contribution in [-0.2, 0) is 16.0 Å². The first-order valence-electron chi connectivity index (χ1n) is 14.9. The summed E-state index contributed by atoms with van der Waals surface area (Å²) in [5.74, 6) is 0.177. The topological polar surface area (TPSA) is 106 Å². The van der Waals surface area contributed by atoms with Gasteiger partial charge in [0.05, 0.1) is 11.7 Å². The van der Waals surface area contributed by atoms with Gasteiger partial charge in [-0.25, -0.2) is 4.79 Å². The van der Waals surface area contributed by atoms with E-state index in [1.807, 2.05) is 65.1 Å². The van der Waals surface area contributed by atoms with Crippen LogP contribution in [0.5, 0.6) is 0 Å². The van der Waals surface area contributed by atoms with Crippen molar-refractivity contribution in [2.24, 2.45) is 5.92 Å². The van der Waals surface area contributed by atoms with E-state index in [1.165, 1.54) is 16.7 Å². The second kappa shape index (κ2) is 13.2. The first-order valence-corrected chi connectivity index (χ1v) is 16.2. The molecule has 2 aromatic heterocycles. The van der Waals surface area contributed by atoms with Crippen molar-refractivity contribution in [3.63, 3.8) is 0 Å².